The minimum Gasteiger partial charge on any atom is -0.374 e. The van der Waals surface area contributed by atoms with E-state index in [1.807, 2.05) is 24.3 Å². The van der Waals surface area contributed by atoms with Crippen LogP contribution in [0.25, 0.3) is 10.2 Å². The summed E-state index contributed by atoms with van der Waals surface area (Å²) in [6.07, 6.45) is -6.18. The van der Waals surface area contributed by atoms with Crippen molar-refractivity contribution < 1.29 is 23.1 Å². The summed E-state index contributed by atoms with van der Waals surface area (Å²) in [5.41, 5.74) is -2.21. The summed E-state index contributed by atoms with van der Waals surface area (Å²) in [6.45, 7) is 1.51. The van der Waals surface area contributed by atoms with E-state index >= 15 is 0 Å². The lowest BCUT2D eigenvalue weighted by atomic mass is 9.99. The third kappa shape index (κ3) is 3.71. The van der Waals surface area contributed by atoms with Gasteiger partial charge in [-0.1, -0.05) is 12.1 Å². The van der Waals surface area contributed by atoms with Crippen LogP contribution in [0.4, 0.5) is 13.2 Å². The topological polar surface area (TPSA) is 75.1 Å². The molecule has 3 aromatic rings. The number of benzene rings is 1. The molecule has 1 unspecified atom stereocenters. The zero-order chi connectivity index (χ0) is 18.9. The quantitative estimate of drug-likeness (QED) is 0.686. The summed E-state index contributed by atoms with van der Waals surface area (Å²) in [5.74, 6) is -0.933. The zero-order valence-electron chi connectivity index (χ0n) is 13.5. The van der Waals surface area contributed by atoms with Crippen molar-refractivity contribution in [3.8, 4) is 0 Å². The van der Waals surface area contributed by atoms with E-state index in [0.29, 0.717) is 22.0 Å². The zero-order valence-corrected chi connectivity index (χ0v) is 15.1. The number of aliphatic hydroxyl groups is 1. The van der Waals surface area contributed by atoms with Crippen LogP contribution in [0.15, 0.2) is 29.6 Å². The van der Waals surface area contributed by atoms with E-state index in [-0.39, 0.29) is 6.54 Å². The number of aromatic nitrogens is 2. The van der Waals surface area contributed by atoms with Gasteiger partial charge in [0, 0.05) is 11.1 Å². The standard InChI is InChI=1S/C16H14F3N3O2S2/c1-9-8-25-14(21-9)15(24,16(17,18)19)6-12(23)20-7-13-22-10-4-2-3-5-11(10)26-13/h2-5,8,24H,6-7H2,1H3,(H,20,23). The first-order chi connectivity index (χ1) is 12.2. The molecule has 1 amide bonds. The van der Waals surface area contributed by atoms with Crippen LogP contribution in [-0.2, 0) is 16.9 Å². The highest BCUT2D eigenvalue weighted by molar-refractivity contribution is 7.18. The minimum atomic E-state index is -5.02. The van der Waals surface area contributed by atoms with E-state index in [1.54, 1.807) is 0 Å². The molecule has 0 radical (unpaired) electrons. The number of halogens is 3. The van der Waals surface area contributed by atoms with Crippen molar-refractivity contribution in [2.45, 2.75) is 31.7 Å². The van der Waals surface area contributed by atoms with Crippen LogP contribution in [-0.4, -0.2) is 27.2 Å². The molecule has 0 spiro atoms. The molecule has 10 heteroatoms. The van der Waals surface area contributed by atoms with Crippen molar-refractivity contribution in [3.63, 3.8) is 0 Å². The van der Waals surface area contributed by atoms with Crippen LogP contribution >= 0.6 is 22.7 Å². The Labute approximate surface area is 154 Å². The van der Waals surface area contributed by atoms with Gasteiger partial charge in [-0.25, -0.2) is 9.97 Å². The predicted molar refractivity (Wildman–Crippen MR) is 92.9 cm³/mol. The number of nitrogens with zero attached hydrogens (tertiary/aromatic N) is 2. The van der Waals surface area contributed by atoms with Gasteiger partial charge in [0.25, 0.3) is 0 Å². The van der Waals surface area contributed by atoms with Gasteiger partial charge in [0.05, 0.1) is 23.2 Å². The average Bonchev–Trinajstić information content (AvgIpc) is 3.17. The van der Waals surface area contributed by atoms with Crippen molar-refractivity contribution >= 4 is 38.8 Å². The van der Waals surface area contributed by atoms with Crippen LogP contribution in [0.3, 0.4) is 0 Å². The fourth-order valence-corrected chi connectivity index (χ4v) is 4.13. The summed E-state index contributed by atoms with van der Waals surface area (Å²) in [4.78, 5) is 20.1. The Balaban J connectivity index is 1.72. The summed E-state index contributed by atoms with van der Waals surface area (Å²) >= 11 is 2.01. The van der Waals surface area contributed by atoms with Crippen molar-refractivity contribution in [2.24, 2.45) is 0 Å². The van der Waals surface area contributed by atoms with Gasteiger partial charge in [-0.15, -0.1) is 22.7 Å². The van der Waals surface area contributed by atoms with Crippen LogP contribution in [0.5, 0.6) is 0 Å². The van der Waals surface area contributed by atoms with Crippen LogP contribution in [0, 0.1) is 6.92 Å². The summed E-state index contributed by atoms with van der Waals surface area (Å²) in [7, 11) is 0. The number of hydrogen-bond acceptors (Lipinski definition) is 6. The molecule has 2 aromatic heterocycles. The van der Waals surface area contributed by atoms with E-state index in [9.17, 15) is 23.1 Å². The number of amides is 1. The number of thiazole rings is 2. The number of nitrogens with one attached hydrogen (secondary N) is 1. The molecule has 0 saturated heterocycles. The van der Waals surface area contributed by atoms with Crippen molar-refractivity contribution in [2.75, 3.05) is 0 Å². The lowest BCUT2D eigenvalue weighted by Crippen LogP contribution is -2.46. The molecule has 0 aliphatic carbocycles. The molecule has 1 aromatic carbocycles. The van der Waals surface area contributed by atoms with E-state index in [4.69, 9.17) is 0 Å². The minimum absolute atomic E-state index is 0.0109. The van der Waals surface area contributed by atoms with Crippen LogP contribution in [0.1, 0.15) is 22.1 Å². The highest BCUT2D eigenvalue weighted by Crippen LogP contribution is 2.42. The fourth-order valence-electron chi connectivity index (χ4n) is 2.31. The molecule has 26 heavy (non-hydrogen) atoms. The second-order valence-electron chi connectivity index (χ2n) is 5.68. The molecular formula is C16H14F3N3O2S2. The van der Waals surface area contributed by atoms with Crippen LogP contribution in [0.2, 0.25) is 0 Å². The number of carbonyl (C=O) groups is 1. The average molecular weight is 401 g/mol. The third-order valence-electron chi connectivity index (χ3n) is 3.63. The van der Waals surface area contributed by atoms with E-state index in [2.05, 4.69) is 15.3 Å². The Morgan fingerprint density at radius 3 is 2.62 bits per heavy atom. The SMILES string of the molecule is Cc1csc(C(O)(CC(=O)NCc2nc3ccccc3s2)C(F)(F)F)n1. The largest absolute Gasteiger partial charge is 0.424 e. The molecule has 0 aliphatic rings. The van der Waals surface area contributed by atoms with Gasteiger partial charge in [-0.3, -0.25) is 4.79 Å². The Bertz CT molecular complexity index is 905. The highest BCUT2D eigenvalue weighted by atomic mass is 32.1. The van der Waals surface area contributed by atoms with Gasteiger partial charge < -0.3 is 10.4 Å². The highest BCUT2D eigenvalue weighted by Gasteiger charge is 2.58. The molecule has 0 bridgehead atoms. The number of carbonyl (C=O) groups excluding carboxylic acids is 1. The predicted octanol–water partition coefficient (Wildman–Crippen LogP) is 3.52. The molecule has 0 aliphatic heterocycles. The Hall–Kier alpha value is -2.04. The number of hydrogen-bond donors (Lipinski definition) is 2. The summed E-state index contributed by atoms with van der Waals surface area (Å²) < 4.78 is 41.1. The smallest absolute Gasteiger partial charge is 0.374 e. The van der Waals surface area contributed by atoms with Gasteiger partial charge in [0.15, 0.2) is 0 Å². The number of aryl methyl sites for hydroxylation is 1. The second kappa shape index (κ2) is 6.93. The molecule has 0 saturated carbocycles. The fraction of sp³-hybridized carbons (Fsp3) is 0.312. The first-order valence-electron chi connectivity index (χ1n) is 7.52. The molecule has 138 valence electrons. The maximum atomic E-state index is 13.4. The Kier molecular flexibility index (Phi) is 5.00. The normalized spacial score (nSPS) is 14.3. The van der Waals surface area contributed by atoms with Gasteiger partial charge >= 0.3 is 6.18 Å². The van der Waals surface area contributed by atoms with Gasteiger partial charge in [-0.05, 0) is 19.1 Å². The van der Waals surface area contributed by atoms with Crippen LogP contribution < -0.4 is 5.32 Å². The molecule has 2 heterocycles. The molecule has 2 N–H and O–H groups in total. The first kappa shape index (κ1) is 18.7. The molecule has 5 nitrogen and oxygen atoms in total. The maximum Gasteiger partial charge on any atom is 0.424 e. The number of fused-ring (bicyclic) bond motifs is 1. The molecule has 1 atom stereocenters. The van der Waals surface area contributed by atoms with Crippen molar-refractivity contribution in [1.29, 1.82) is 0 Å². The molecular weight excluding hydrogens is 387 g/mol. The Morgan fingerprint density at radius 2 is 2.00 bits per heavy atom. The van der Waals surface area contributed by atoms with E-state index in [1.165, 1.54) is 23.6 Å². The first-order valence-corrected chi connectivity index (χ1v) is 9.21. The maximum absolute atomic E-state index is 13.4. The second-order valence-corrected chi connectivity index (χ2v) is 7.65. The number of para-hydroxylation sites is 1. The van der Waals surface area contributed by atoms with Gasteiger partial charge in [0.1, 0.15) is 10.0 Å². The number of rotatable bonds is 5. The van der Waals surface area contributed by atoms with Gasteiger partial charge in [-0.2, -0.15) is 13.2 Å². The van der Waals surface area contributed by atoms with E-state index in [0.717, 1.165) is 10.2 Å². The summed E-state index contributed by atoms with van der Waals surface area (Å²) in [5, 5.41) is 14.0. The lowest BCUT2D eigenvalue weighted by Gasteiger charge is -2.27. The lowest BCUT2D eigenvalue weighted by molar-refractivity contribution is -0.267. The third-order valence-corrected chi connectivity index (χ3v) is 5.78. The molecule has 3 rings (SSSR count). The van der Waals surface area contributed by atoms with Crippen molar-refractivity contribution in [3.05, 3.63) is 45.4 Å². The van der Waals surface area contributed by atoms with Gasteiger partial charge in [0.2, 0.25) is 11.5 Å². The summed E-state index contributed by atoms with van der Waals surface area (Å²) in [6, 6.07) is 7.35. The van der Waals surface area contributed by atoms with E-state index < -0.39 is 29.1 Å². The van der Waals surface area contributed by atoms with Crippen molar-refractivity contribution in [1.82, 2.24) is 15.3 Å². The molecule has 0 fully saturated rings. The number of alkyl halides is 3. The monoisotopic (exact) mass is 401 g/mol. The Morgan fingerprint density at radius 1 is 1.27 bits per heavy atom.